The van der Waals surface area contributed by atoms with Crippen LogP contribution < -0.4 is 5.32 Å². The molecule has 1 amide bonds. The van der Waals surface area contributed by atoms with Gasteiger partial charge in [0.2, 0.25) is 11.1 Å². The highest BCUT2D eigenvalue weighted by atomic mass is 32.2. The maximum absolute atomic E-state index is 11.8. The summed E-state index contributed by atoms with van der Waals surface area (Å²) in [6.45, 7) is 0.792. The second kappa shape index (κ2) is 6.94. The molecule has 9 heteroatoms. The highest BCUT2D eigenvalue weighted by Crippen LogP contribution is 2.15. The van der Waals surface area contributed by atoms with Gasteiger partial charge in [0.1, 0.15) is 18.1 Å². The van der Waals surface area contributed by atoms with Crippen molar-refractivity contribution in [1.82, 2.24) is 25.5 Å². The number of carbonyl (C=O) groups excluding carboxylic acids is 1. The highest BCUT2D eigenvalue weighted by Gasteiger charge is 2.11. The maximum Gasteiger partial charge on any atom is 0.230 e. The Balaban J connectivity index is 1.49. The van der Waals surface area contributed by atoms with E-state index in [0.717, 1.165) is 5.76 Å². The van der Waals surface area contributed by atoms with Crippen molar-refractivity contribution in [1.29, 1.82) is 0 Å². The van der Waals surface area contributed by atoms with Crippen LogP contribution in [0.25, 0.3) is 0 Å². The molecule has 0 saturated heterocycles. The van der Waals surface area contributed by atoms with Gasteiger partial charge in [-0.2, -0.15) is 0 Å². The Morgan fingerprint density at radius 2 is 2.00 bits per heavy atom. The van der Waals surface area contributed by atoms with Crippen LogP contribution in [0.4, 0.5) is 0 Å². The molecule has 0 fully saturated rings. The standard InChI is InChI=1S/C13H13N5O3S/c19-12(14-7-10-3-1-5-20-10)9-22-13-15-16-17-18(13)8-11-4-2-6-21-11/h1-6H,7-9H2,(H,14,19). The van der Waals surface area contributed by atoms with Crippen molar-refractivity contribution in [3.05, 3.63) is 48.3 Å². The van der Waals surface area contributed by atoms with Gasteiger partial charge >= 0.3 is 0 Å². The van der Waals surface area contributed by atoms with Crippen LogP contribution in [0, 0.1) is 0 Å². The van der Waals surface area contributed by atoms with Crippen molar-refractivity contribution in [3.63, 3.8) is 0 Å². The van der Waals surface area contributed by atoms with E-state index >= 15 is 0 Å². The Bertz CT molecular complexity index is 708. The lowest BCUT2D eigenvalue weighted by Crippen LogP contribution is -2.24. The van der Waals surface area contributed by atoms with E-state index in [0.29, 0.717) is 24.0 Å². The first-order valence-electron chi connectivity index (χ1n) is 6.51. The van der Waals surface area contributed by atoms with Crippen LogP contribution in [-0.4, -0.2) is 31.9 Å². The number of aromatic nitrogens is 4. The lowest BCUT2D eigenvalue weighted by Gasteiger charge is -2.03. The van der Waals surface area contributed by atoms with Crippen LogP contribution in [0.2, 0.25) is 0 Å². The second-order valence-electron chi connectivity index (χ2n) is 4.34. The van der Waals surface area contributed by atoms with Crippen LogP contribution >= 0.6 is 11.8 Å². The van der Waals surface area contributed by atoms with Gasteiger partial charge in [-0.15, -0.1) is 5.10 Å². The minimum atomic E-state index is -0.117. The van der Waals surface area contributed by atoms with Gasteiger partial charge in [0, 0.05) is 0 Å². The minimum absolute atomic E-state index is 0.117. The molecule has 0 aliphatic carbocycles. The topological polar surface area (TPSA) is 99.0 Å². The summed E-state index contributed by atoms with van der Waals surface area (Å²) in [5, 5.41) is 14.7. The number of hydrogen-bond acceptors (Lipinski definition) is 7. The average molecular weight is 319 g/mol. The Hall–Kier alpha value is -2.55. The third-order valence-electron chi connectivity index (χ3n) is 2.76. The molecule has 22 heavy (non-hydrogen) atoms. The zero-order chi connectivity index (χ0) is 15.2. The van der Waals surface area contributed by atoms with E-state index in [9.17, 15) is 4.79 Å². The van der Waals surface area contributed by atoms with Gasteiger partial charge in [0.05, 0.1) is 24.8 Å². The number of furan rings is 2. The monoisotopic (exact) mass is 319 g/mol. The molecule has 114 valence electrons. The molecule has 1 N–H and O–H groups in total. The molecule has 0 aliphatic heterocycles. The second-order valence-corrected chi connectivity index (χ2v) is 5.29. The van der Waals surface area contributed by atoms with E-state index in [-0.39, 0.29) is 11.7 Å². The fourth-order valence-corrected chi connectivity index (χ4v) is 2.44. The summed E-state index contributed by atoms with van der Waals surface area (Å²) >= 11 is 1.26. The fraction of sp³-hybridized carbons (Fsp3) is 0.231. The first-order valence-corrected chi connectivity index (χ1v) is 7.50. The molecule has 0 radical (unpaired) electrons. The summed E-state index contributed by atoms with van der Waals surface area (Å²) in [5.41, 5.74) is 0. The number of amides is 1. The molecule has 3 aromatic rings. The lowest BCUT2D eigenvalue weighted by atomic mass is 10.4. The van der Waals surface area contributed by atoms with E-state index in [1.807, 2.05) is 6.07 Å². The molecule has 3 rings (SSSR count). The number of carbonyl (C=O) groups is 1. The third-order valence-corrected chi connectivity index (χ3v) is 3.71. The fourth-order valence-electron chi connectivity index (χ4n) is 1.73. The van der Waals surface area contributed by atoms with Gasteiger partial charge in [-0.05, 0) is 34.7 Å². The van der Waals surface area contributed by atoms with Crippen molar-refractivity contribution in [2.75, 3.05) is 5.75 Å². The third kappa shape index (κ3) is 3.76. The maximum atomic E-state index is 11.8. The Morgan fingerprint density at radius 3 is 2.73 bits per heavy atom. The molecule has 8 nitrogen and oxygen atoms in total. The van der Waals surface area contributed by atoms with Gasteiger partial charge in [-0.25, -0.2) is 4.68 Å². The van der Waals surface area contributed by atoms with Crippen LogP contribution in [0.5, 0.6) is 0 Å². The molecule has 0 unspecified atom stereocenters. The van der Waals surface area contributed by atoms with Crippen LogP contribution in [0.1, 0.15) is 11.5 Å². The van der Waals surface area contributed by atoms with Crippen molar-refractivity contribution in [2.24, 2.45) is 0 Å². The lowest BCUT2D eigenvalue weighted by molar-refractivity contribution is -0.118. The summed E-state index contributed by atoms with van der Waals surface area (Å²) in [4.78, 5) is 11.8. The quantitative estimate of drug-likeness (QED) is 0.656. The smallest absolute Gasteiger partial charge is 0.230 e. The van der Waals surface area contributed by atoms with Crippen LogP contribution in [0.15, 0.2) is 50.8 Å². The summed E-state index contributed by atoms with van der Waals surface area (Å²) in [7, 11) is 0. The zero-order valence-corrected chi connectivity index (χ0v) is 12.3. The zero-order valence-electron chi connectivity index (χ0n) is 11.5. The van der Waals surface area contributed by atoms with E-state index in [4.69, 9.17) is 8.83 Å². The SMILES string of the molecule is O=C(CSc1nnnn1Cc1ccco1)NCc1ccco1. The number of rotatable bonds is 7. The number of thioether (sulfide) groups is 1. The van der Waals surface area contributed by atoms with E-state index in [1.54, 1.807) is 35.4 Å². The number of tetrazole rings is 1. The molecule has 0 aliphatic rings. The summed E-state index contributed by atoms with van der Waals surface area (Å²) in [6, 6.07) is 7.22. The Morgan fingerprint density at radius 1 is 1.23 bits per heavy atom. The summed E-state index contributed by atoms with van der Waals surface area (Å²) in [6.07, 6.45) is 3.16. The van der Waals surface area contributed by atoms with Crippen molar-refractivity contribution in [2.45, 2.75) is 18.2 Å². The molecule has 0 bridgehead atoms. The van der Waals surface area contributed by atoms with Crippen LogP contribution in [-0.2, 0) is 17.9 Å². The van der Waals surface area contributed by atoms with Gasteiger partial charge in [-0.1, -0.05) is 11.8 Å². The first-order chi connectivity index (χ1) is 10.8. The van der Waals surface area contributed by atoms with E-state index < -0.39 is 0 Å². The van der Waals surface area contributed by atoms with Gasteiger partial charge < -0.3 is 14.2 Å². The van der Waals surface area contributed by atoms with Crippen molar-refractivity contribution >= 4 is 17.7 Å². The highest BCUT2D eigenvalue weighted by molar-refractivity contribution is 7.99. The molecule has 0 spiro atoms. The molecule has 3 heterocycles. The Kier molecular flexibility index (Phi) is 4.54. The molecule has 0 aromatic carbocycles. The Labute approximate surface area is 129 Å². The predicted molar refractivity (Wildman–Crippen MR) is 76.9 cm³/mol. The largest absolute Gasteiger partial charge is 0.467 e. The van der Waals surface area contributed by atoms with Crippen molar-refractivity contribution in [3.8, 4) is 0 Å². The first kappa shape index (κ1) is 14.4. The normalized spacial score (nSPS) is 10.7. The predicted octanol–water partition coefficient (Wildman–Crippen LogP) is 1.32. The summed E-state index contributed by atoms with van der Waals surface area (Å²) in [5.74, 6) is 1.56. The average Bonchev–Trinajstić information content (AvgIpc) is 3.26. The summed E-state index contributed by atoms with van der Waals surface area (Å²) < 4.78 is 12.0. The number of hydrogen-bond donors (Lipinski definition) is 1. The molecule has 0 saturated carbocycles. The molecular formula is C13H13N5O3S. The molecular weight excluding hydrogens is 306 g/mol. The minimum Gasteiger partial charge on any atom is -0.467 e. The molecule has 3 aromatic heterocycles. The number of nitrogens with one attached hydrogen (secondary N) is 1. The number of nitrogens with zero attached hydrogens (tertiary/aromatic N) is 4. The molecule has 0 atom stereocenters. The van der Waals surface area contributed by atoms with E-state index in [2.05, 4.69) is 20.8 Å². The van der Waals surface area contributed by atoms with Gasteiger partial charge in [0.15, 0.2) is 0 Å². The van der Waals surface area contributed by atoms with Gasteiger partial charge in [-0.3, -0.25) is 4.79 Å². The van der Waals surface area contributed by atoms with E-state index in [1.165, 1.54) is 11.8 Å². The van der Waals surface area contributed by atoms with Crippen molar-refractivity contribution < 1.29 is 13.6 Å². The van der Waals surface area contributed by atoms with Crippen LogP contribution in [0.3, 0.4) is 0 Å². The van der Waals surface area contributed by atoms with Gasteiger partial charge in [0.25, 0.3) is 0 Å².